The van der Waals surface area contributed by atoms with Crippen LogP contribution in [0.5, 0.6) is 0 Å². The Hall–Kier alpha value is -1.55. The monoisotopic (exact) mass is 376 g/mol. The highest BCUT2D eigenvalue weighted by atomic mass is 35.5. The van der Waals surface area contributed by atoms with Crippen molar-refractivity contribution in [2.75, 3.05) is 18.4 Å². The molecule has 1 fully saturated rings. The molecule has 2 aromatic carbocycles. The number of nitrogens with zero attached hydrogens (tertiary/aromatic N) is 1. The maximum Gasteiger partial charge on any atom is 0.228 e. The van der Waals surface area contributed by atoms with Crippen LogP contribution in [0.2, 0.25) is 10.0 Å². The minimum Gasteiger partial charge on any atom is -0.326 e. The first-order chi connectivity index (χ1) is 12.0. The summed E-state index contributed by atoms with van der Waals surface area (Å²) in [5.74, 6) is 0.0625. The van der Waals surface area contributed by atoms with Crippen LogP contribution in [0.15, 0.2) is 42.5 Å². The highest BCUT2D eigenvalue weighted by Gasteiger charge is 2.26. The molecule has 1 atom stereocenters. The second kappa shape index (κ2) is 8.22. The lowest BCUT2D eigenvalue weighted by molar-refractivity contribution is -0.121. The first kappa shape index (κ1) is 18.2. The van der Waals surface area contributed by atoms with Crippen LogP contribution in [0.25, 0.3) is 0 Å². The van der Waals surface area contributed by atoms with Gasteiger partial charge in [0.2, 0.25) is 5.91 Å². The van der Waals surface area contributed by atoms with E-state index in [2.05, 4.69) is 16.3 Å². The third-order valence-corrected chi connectivity index (χ3v) is 5.10. The highest BCUT2D eigenvalue weighted by molar-refractivity contribution is 6.31. The van der Waals surface area contributed by atoms with Crippen molar-refractivity contribution in [3.63, 3.8) is 0 Å². The summed E-state index contributed by atoms with van der Waals surface area (Å²) in [5, 5.41) is 4.42. The van der Waals surface area contributed by atoms with Gasteiger partial charge in [-0.1, -0.05) is 41.4 Å². The fraction of sp³-hybridized carbons (Fsp3) is 0.350. The molecule has 0 radical (unpaired) electrons. The number of carbonyl (C=O) groups excluding carboxylic acids is 1. The number of likely N-dealkylation sites (tertiary alicyclic amines) is 1. The van der Waals surface area contributed by atoms with Crippen molar-refractivity contribution in [3.05, 3.63) is 63.6 Å². The standard InChI is InChI=1S/C20H22Cl2N2O/c1-14-7-8-18(22)11-19(14)23-20(25)16-5-3-9-24(13-16)12-15-4-2-6-17(21)10-15/h2,4,6-8,10-11,16H,3,5,9,12-13H2,1H3,(H,23,25). The van der Waals surface area contributed by atoms with Crippen LogP contribution in [0.3, 0.4) is 0 Å². The van der Waals surface area contributed by atoms with Crippen LogP contribution < -0.4 is 5.32 Å². The van der Waals surface area contributed by atoms with E-state index in [1.54, 1.807) is 6.07 Å². The fourth-order valence-corrected chi connectivity index (χ4v) is 3.66. The van der Waals surface area contributed by atoms with Crippen LogP contribution in [0, 0.1) is 12.8 Å². The first-order valence-corrected chi connectivity index (χ1v) is 9.30. The Kier molecular flexibility index (Phi) is 6.00. The molecule has 0 aromatic heterocycles. The number of piperidine rings is 1. The van der Waals surface area contributed by atoms with E-state index < -0.39 is 0 Å². The van der Waals surface area contributed by atoms with E-state index in [1.165, 1.54) is 5.56 Å². The smallest absolute Gasteiger partial charge is 0.228 e. The highest BCUT2D eigenvalue weighted by Crippen LogP contribution is 2.24. The molecular formula is C20H22Cl2N2O. The van der Waals surface area contributed by atoms with Crippen LogP contribution in [0.4, 0.5) is 5.69 Å². The normalized spacial score (nSPS) is 18.1. The largest absolute Gasteiger partial charge is 0.326 e. The predicted molar refractivity (Wildman–Crippen MR) is 104 cm³/mol. The number of benzene rings is 2. The van der Waals surface area contributed by atoms with Crippen LogP contribution in [-0.2, 0) is 11.3 Å². The Morgan fingerprint density at radius 1 is 1.20 bits per heavy atom. The van der Waals surface area contributed by atoms with Gasteiger partial charge in [0.1, 0.15) is 0 Å². The summed E-state index contributed by atoms with van der Waals surface area (Å²) >= 11 is 12.1. The summed E-state index contributed by atoms with van der Waals surface area (Å²) in [7, 11) is 0. The van der Waals surface area contributed by atoms with Gasteiger partial charge >= 0.3 is 0 Å². The summed E-state index contributed by atoms with van der Waals surface area (Å²) in [6.07, 6.45) is 1.94. The van der Waals surface area contributed by atoms with Gasteiger partial charge in [-0.2, -0.15) is 0 Å². The molecule has 0 aliphatic carbocycles. The molecule has 0 saturated carbocycles. The lowest BCUT2D eigenvalue weighted by Crippen LogP contribution is -2.40. The fourth-order valence-electron chi connectivity index (χ4n) is 3.27. The van der Waals surface area contributed by atoms with Crippen LogP contribution in [-0.4, -0.2) is 23.9 Å². The molecule has 3 rings (SSSR count). The van der Waals surface area contributed by atoms with Crippen LogP contribution in [0.1, 0.15) is 24.0 Å². The van der Waals surface area contributed by atoms with Crippen molar-refractivity contribution < 1.29 is 4.79 Å². The van der Waals surface area contributed by atoms with Gasteiger partial charge in [-0.05, 0) is 61.7 Å². The van der Waals surface area contributed by atoms with Crippen molar-refractivity contribution in [2.45, 2.75) is 26.3 Å². The maximum absolute atomic E-state index is 12.7. The Morgan fingerprint density at radius 2 is 2.00 bits per heavy atom. The van der Waals surface area contributed by atoms with E-state index in [0.29, 0.717) is 5.02 Å². The summed E-state index contributed by atoms with van der Waals surface area (Å²) in [6.45, 7) is 4.56. The lowest BCUT2D eigenvalue weighted by Gasteiger charge is -2.32. The SMILES string of the molecule is Cc1ccc(Cl)cc1NC(=O)C1CCCN(Cc2cccc(Cl)c2)C1. The van der Waals surface area contributed by atoms with Crippen molar-refractivity contribution in [1.82, 2.24) is 4.90 Å². The van der Waals surface area contributed by atoms with E-state index in [0.717, 1.165) is 48.7 Å². The van der Waals surface area contributed by atoms with Crippen molar-refractivity contribution in [1.29, 1.82) is 0 Å². The molecule has 2 aromatic rings. The van der Waals surface area contributed by atoms with Gasteiger partial charge in [0, 0.05) is 28.8 Å². The van der Waals surface area contributed by atoms with Crippen LogP contribution >= 0.6 is 23.2 Å². The van der Waals surface area contributed by atoms with Gasteiger partial charge < -0.3 is 5.32 Å². The number of amides is 1. The average molecular weight is 377 g/mol. The zero-order valence-electron chi connectivity index (χ0n) is 14.3. The third-order valence-electron chi connectivity index (χ3n) is 4.63. The molecular weight excluding hydrogens is 355 g/mol. The van der Waals surface area contributed by atoms with Crippen molar-refractivity contribution in [3.8, 4) is 0 Å². The minimum absolute atomic E-state index is 0.00804. The zero-order chi connectivity index (χ0) is 17.8. The second-order valence-electron chi connectivity index (χ2n) is 6.65. The molecule has 1 N–H and O–H groups in total. The van der Waals surface area contributed by atoms with Gasteiger partial charge in [0.15, 0.2) is 0 Å². The topological polar surface area (TPSA) is 32.3 Å². The molecule has 3 nitrogen and oxygen atoms in total. The Morgan fingerprint density at radius 3 is 2.80 bits per heavy atom. The molecule has 1 unspecified atom stereocenters. The molecule has 0 spiro atoms. The Bertz CT molecular complexity index is 763. The molecule has 1 aliphatic rings. The molecule has 1 heterocycles. The summed E-state index contributed by atoms with van der Waals surface area (Å²) in [6, 6.07) is 13.5. The maximum atomic E-state index is 12.7. The number of anilines is 1. The van der Waals surface area contributed by atoms with E-state index >= 15 is 0 Å². The first-order valence-electron chi connectivity index (χ1n) is 8.55. The van der Waals surface area contributed by atoms with E-state index in [9.17, 15) is 4.79 Å². The average Bonchev–Trinajstić information content (AvgIpc) is 2.58. The Labute approximate surface area is 158 Å². The van der Waals surface area contributed by atoms with Gasteiger partial charge in [-0.15, -0.1) is 0 Å². The molecule has 132 valence electrons. The van der Waals surface area contributed by atoms with Crippen molar-refractivity contribution in [2.24, 2.45) is 5.92 Å². The number of aryl methyl sites for hydroxylation is 1. The zero-order valence-corrected chi connectivity index (χ0v) is 15.8. The molecule has 1 aliphatic heterocycles. The van der Waals surface area contributed by atoms with E-state index in [-0.39, 0.29) is 11.8 Å². The predicted octanol–water partition coefficient (Wildman–Crippen LogP) is 5.15. The van der Waals surface area contributed by atoms with E-state index in [1.807, 2.05) is 37.3 Å². The van der Waals surface area contributed by atoms with Gasteiger partial charge in [0.25, 0.3) is 0 Å². The van der Waals surface area contributed by atoms with E-state index in [4.69, 9.17) is 23.2 Å². The minimum atomic E-state index is -0.00804. The van der Waals surface area contributed by atoms with Gasteiger partial charge in [0.05, 0.1) is 5.92 Å². The number of hydrogen-bond acceptors (Lipinski definition) is 2. The molecule has 1 amide bonds. The number of halogens is 2. The summed E-state index contributed by atoms with van der Waals surface area (Å²) in [5.41, 5.74) is 2.99. The molecule has 25 heavy (non-hydrogen) atoms. The number of rotatable bonds is 4. The Balaban J connectivity index is 1.62. The third kappa shape index (κ3) is 4.97. The lowest BCUT2D eigenvalue weighted by atomic mass is 9.96. The molecule has 5 heteroatoms. The van der Waals surface area contributed by atoms with Gasteiger partial charge in [-0.3, -0.25) is 9.69 Å². The molecule has 1 saturated heterocycles. The van der Waals surface area contributed by atoms with Gasteiger partial charge in [-0.25, -0.2) is 0 Å². The summed E-state index contributed by atoms with van der Waals surface area (Å²) < 4.78 is 0. The number of carbonyl (C=O) groups is 1. The summed E-state index contributed by atoms with van der Waals surface area (Å²) in [4.78, 5) is 15.0. The second-order valence-corrected chi connectivity index (χ2v) is 7.53. The van der Waals surface area contributed by atoms with Crippen molar-refractivity contribution >= 4 is 34.8 Å². The number of hydrogen-bond donors (Lipinski definition) is 1. The molecule has 0 bridgehead atoms. The number of nitrogens with one attached hydrogen (secondary N) is 1. The quantitative estimate of drug-likeness (QED) is 0.799.